The van der Waals surface area contributed by atoms with E-state index < -0.39 is 0 Å². The van der Waals surface area contributed by atoms with E-state index in [4.69, 9.17) is 10.5 Å². The molecule has 0 aliphatic carbocycles. The molecule has 0 aromatic carbocycles. The smallest absolute Gasteiger partial charge is 0.254 e. The maximum absolute atomic E-state index is 11.8. The first-order valence-corrected chi connectivity index (χ1v) is 5.33. The Morgan fingerprint density at radius 3 is 3.12 bits per heavy atom. The van der Waals surface area contributed by atoms with E-state index in [-0.39, 0.29) is 18.3 Å². The Labute approximate surface area is 106 Å². The summed E-state index contributed by atoms with van der Waals surface area (Å²) in [5.41, 5.74) is 6.57. The Morgan fingerprint density at radius 1 is 1.65 bits per heavy atom. The maximum atomic E-state index is 11.8. The molecule has 1 aromatic heterocycles. The van der Waals surface area contributed by atoms with Crippen LogP contribution in [0.2, 0.25) is 0 Å². The summed E-state index contributed by atoms with van der Waals surface area (Å²) in [4.78, 5) is 15.6. The van der Waals surface area contributed by atoms with Gasteiger partial charge < -0.3 is 15.8 Å². The molecule has 1 fully saturated rings. The average Bonchev–Trinajstić information content (AvgIpc) is 2.79. The fraction of sp³-hybridized carbons (Fsp3) is 0.455. The predicted octanol–water partition coefficient (Wildman–Crippen LogP) is 0.852. The molecule has 94 valence electrons. The van der Waals surface area contributed by atoms with Crippen LogP contribution in [-0.4, -0.2) is 30.6 Å². The van der Waals surface area contributed by atoms with Gasteiger partial charge in [0.2, 0.25) is 0 Å². The highest BCUT2D eigenvalue weighted by atomic mass is 35.5. The normalized spacial score (nSPS) is 18.5. The molecule has 1 amide bonds. The standard InChI is InChI=1S/C11H15N3O2.ClH/c12-10-1-3-13-6-9(10)11(15)14-5-8-2-4-16-7-8;/h1,3,6,8H,2,4-5,7H2,(H2,12,13)(H,14,15);1H. The summed E-state index contributed by atoms with van der Waals surface area (Å²) in [5, 5.41) is 2.84. The lowest BCUT2D eigenvalue weighted by molar-refractivity contribution is 0.0945. The molecule has 1 atom stereocenters. The minimum atomic E-state index is -0.169. The van der Waals surface area contributed by atoms with Crippen LogP contribution in [0.25, 0.3) is 0 Å². The molecule has 2 rings (SSSR count). The number of hydrogen-bond donors (Lipinski definition) is 2. The molecule has 5 nitrogen and oxygen atoms in total. The first kappa shape index (κ1) is 13.7. The lowest BCUT2D eigenvalue weighted by Crippen LogP contribution is -2.30. The number of nitrogen functional groups attached to an aromatic ring is 1. The summed E-state index contributed by atoms with van der Waals surface area (Å²) in [6.45, 7) is 2.14. The third-order valence-electron chi connectivity index (χ3n) is 2.67. The van der Waals surface area contributed by atoms with E-state index in [1.54, 1.807) is 12.3 Å². The third-order valence-corrected chi connectivity index (χ3v) is 2.67. The first-order chi connectivity index (χ1) is 7.77. The van der Waals surface area contributed by atoms with Gasteiger partial charge in [-0.2, -0.15) is 0 Å². The monoisotopic (exact) mass is 257 g/mol. The molecule has 0 spiro atoms. The van der Waals surface area contributed by atoms with Crippen molar-refractivity contribution >= 4 is 24.0 Å². The van der Waals surface area contributed by atoms with E-state index in [1.165, 1.54) is 6.20 Å². The molecule has 0 radical (unpaired) electrons. The Kier molecular flexibility index (Phi) is 5.18. The van der Waals surface area contributed by atoms with E-state index in [0.717, 1.165) is 19.6 Å². The Balaban J connectivity index is 0.00000144. The molecule has 1 aromatic rings. The second-order valence-corrected chi connectivity index (χ2v) is 3.90. The van der Waals surface area contributed by atoms with Crippen molar-refractivity contribution in [2.45, 2.75) is 6.42 Å². The Hall–Kier alpha value is -1.33. The van der Waals surface area contributed by atoms with Crippen LogP contribution in [0.3, 0.4) is 0 Å². The van der Waals surface area contributed by atoms with Crippen LogP contribution in [0.4, 0.5) is 5.69 Å². The maximum Gasteiger partial charge on any atom is 0.254 e. The Bertz CT molecular complexity index is 381. The van der Waals surface area contributed by atoms with Crippen molar-refractivity contribution in [2.75, 3.05) is 25.5 Å². The number of nitrogens with zero attached hydrogens (tertiary/aromatic N) is 1. The number of carbonyl (C=O) groups is 1. The fourth-order valence-electron chi connectivity index (χ4n) is 1.67. The van der Waals surface area contributed by atoms with Gasteiger partial charge >= 0.3 is 0 Å². The lowest BCUT2D eigenvalue weighted by Gasteiger charge is -2.10. The number of anilines is 1. The number of carbonyl (C=O) groups excluding carboxylic acids is 1. The fourth-order valence-corrected chi connectivity index (χ4v) is 1.67. The minimum Gasteiger partial charge on any atom is -0.398 e. The number of nitrogens with one attached hydrogen (secondary N) is 1. The molecule has 1 unspecified atom stereocenters. The van der Waals surface area contributed by atoms with Crippen LogP contribution in [-0.2, 0) is 4.74 Å². The highest BCUT2D eigenvalue weighted by Crippen LogP contribution is 2.12. The number of rotatable bonds is 3. The average molecular weight is 258 g/mol. The van der Waals surface area contributed by atoms with Gasteiger partial charge in [-0.1, -0.05) is 0 Å². The van der Waals surface area contributed by atoms with Gasteiger partial charge in [0.1, 0.15) is 0 Å². The van der Waals surface area contributed by atoms with Gasteiger partial charge in [0.15, 0.2) is 0 Å². The van der Waals surface area contributed by atoms with Gasteiger partial charge in [-0.25, -0.2) is 0 Å². The summed E-state index contributed by atoms with van der Waals surface area (Å²) < 4.78 is 5.23. The first-order valence-electron chi connectivity index (χ1n) is 5.33. The van der Waals surface area contributed by atoms with Crippen LogP contribution in [0.5, 0.6) is 0 Å². The topological polar surface area (TPSA) is 77.2 Å². The van der Waals surface area contributed by atoms with Crippen molar-refractivity contribution in [3.05, 3.63) is 24.0 Å². The number of hydrogen-bond acceptors (Lipinski definition) is 4. The molecule has 6 heteroatoms. The van der Waals surface area contributed by atoms with Crippen molar-refractivity contribution in [3.8, 4) is 0 Å². The van der Waals surface area contributed by atoms with E-state index >= 15 is 0 Å². The number of aromatic nitrogens is 1. The summed E-state index contributed by atoms with van der Waals surface area (Å²) in [7, 11) is 0. The molecular weight excluding hydrogens is 242 g/mol. The Morgan fingerprint density at radius 2 is 2.47 bits per heavy atom. The predicted molar refractivity (Wildman–Crippen MR) is 67.2 cm³/mol. The van der Waals surface area contributed by atoms with Crippen molar-refractivity contribution in [2.24, 2.45) is 5.92 Å². The molecule has 0 saturated carbocycles. The van der Waals surface area contributed by atoms with Crippen molar-refractivity contribution in [1.82, 2.24) is 10.3 Å². The van der Waals surface area contributed by atoms with E-state index in [2.05, 4.69) is 10.3 Å². The van der Waals surface area contributed by atoms with E-state index in [9.17, 15) is 4.79 Å². The zero-order valence-corrected chi connectivity index (χ0v) is 10.2. The molecule has 2 heterocycles. The molecule has 1 aliphatic heterocycles. The lowest BCUT2D eigenvalue weighted by atomic mass is 10.1. The van der Waals surface area contributed by atoms with Gasteiger partial charge in [-0.05, 0) is 12.5 Å². The second-order valence-electron chi connectivity index (χ2n) is 3.90. The van der Waals surface area contributed by atoms with Crippen molar-refractivity contribution in [3.63, 3.8) is 0 Å². The number of pyridine rings is 1. The summed E-state index contributed by atoms with van der Waals surface area (Å²) in [6.07, 6.45) is 4.05. The minimum absolute atomic E-state index is 0. The molecule has 3 N–H and O–H groups in total. The van der Waals surface area contributed by atoms with E-state index in [1.807, 2.05) is 0 Å². The zero-order chi connectivity index (χ0) is 11.4. The summed E-state index contributed by atoms with van der Waals surface area (Å²) in [5.74, 6) is 0.249. The van der Waals surface area contributed by atoms with Gasteiger partial charge in [-0.3, -0.25) is 9.78 Å². The molecule has 0 bridgehead atoms. The molecule has 1 saturated heterocycles. The van der Waals surface area contributed by atoms with Crippen LogP contribution in [0, 0.1) is 5.92 Å². The van der Waals surface area contributed by atoms with Crippen LogP contribution < -0.4 is 11.1 Å². The summed E-state index contributed by atoms with van der Waals surface area (Å²) in [6, 6.07) is 1.62. The van der Waals surface area contributed by atoms with Crippen molar-refractivity contribution < 1.29 is 9.53 Å². The van der Waals surface area contributed by atoms with Gasteiger partial charge in [0.05, 0.1) is 12.2 Å². The third kappa shape index (κ3) is 3.57. The number of ether oxygens (including phenoxy) is 1. The number of nitrogens with two attached hydrogens (primary N) is 1. The number of amides is 1. The molecule has 1 aliphatic rings. The highest BCUT2D eigenvalue weighted by molar-refractivity contribution is 5.98. The summed E-state index contributed by atoms with van der Waals surface area (Å²) >= 11 is 0. The van der Waals surface area contributed by atoms with Crippen LogP contribution in [0.1, 0.15) is 16.8 Å². The zero-order valence-electron chi connectivity index (χ0n) is 9.39. The van der Waals surface area contributed by atoms with Crippen LogP contribution >= 0.6 is 12.4 Å². The van der Waals surface area contributed by atoms with Crippen molar-refractivity contribution in [1.29, 1.82) is 0 Å². The van der Waals surface area contributed by atoms with Gasteiger partial charge in [-0.15, -0.1) is 12.4 Å². The van der Waals surface area contributed by atoms with Crippen LogP contribution in [0.15, 0.2) is 18.5 Å². The molecular formula is C11H16ClN3O2. The van der Waals surface area contributed by atoms with Gasteiger partial charge in [0, 0.05) is 37.2 Å². The molecule has 17 heavy (non-hydrogen) atoms. The van der Waals surface area contributed by atoms with Gasteiger partial charge in [0.25, 0.3) is 5.91 Å². The second kappa shape index (κ2) is 6.42. The largest absolute Gasteiger partial charge is 0.398 e. The van der Waals surface area contributed by atoms with E-state index in [0.29, 0.717) is 23.7 Å². The quantitative estimate of drug-likeness (QED) is 0.842. The SMILES string of the molecule is Cl.Nc1ccncc1C(=O)NCC1CCOC1. The highest BCUT2D eigenvalue weighted by Gasteiger charge is 2.17. The number of halogens is 1.